The summed E-state index contributed by atoms with van der Waals surface area (Å²) in [6.45, 7) is 0. The summed E-state index contributed by atoms with van der Waals surface area (Å²) in [5.41, 5.74) is 6.59. The molecule has 1 unspecified atom stereocenters. The van der Waals surface area contributed by atoms with E-state index >= 15 is 0 Å². The van der Waals surface area contributed by atoms with Crippen molar-refractivity contribution in [2.45, 2.75) is 16.6 Å². The van der Waals surface area contributed by atoms with E-state index < -0.39 is 4.92 Å². The standard InChI is InChI=1S/C15H15N3O2S/c16-15(17)10-14(11-6-2-1-3-7-11)21-13-9-5-4-8-12(13)18(19)20/h1-9,14H,10H2,(H3,16,17). The average molecular weight is 301 g/mol. The fourth-order valence-corrected chi connectivity index (χ4v) is 3.24. The van der Waals surface area contributed by atoms with Crippen LogP contribution in [0.1, 0.15) is 17.2 Å². The summed E-state index contributed by atoms with van der Waals surface area (Å²) in [5, 5.41) is 18.5. The lowest BCUT2D eigenvalue weighted by atomic mass is 10.1. The van der Waals surface area contributed by atoms with E-state index in [-0.39, 0.29) is 16.8 Å². The molecule has 2 aromatic rings. The number of hydrogen-bond donors (Lipinski definition) is 2. The second-order valence-electron chi connectivity index (χ2n) is 4.47. The van der Waals surface area contributed by atoms with Gasteiger partial charge in [-0.05, 0) is 11.6 Å². The Morgan fingerprint density at radius 1 is 1.19 bits per heavy atom. The summed E-state index contributed by atoms with van der Waals surface area (Å²) in [6, 6.07) is 16.2. The lowest BCUT2D eigenvalue weighted by molar-refractivity contribution is -0.387. The van der Waals surface area contributed by atoms with E-state index in [1.165, 1.54) is 17.8 Å². The molecule has 0 aliphatic rings. The maximum atomic E-state index is 11.1. The highest BCUT2D eigenvalue weighted by Gasteiger charge is 2.20. The zero-order valence-electron chi connectivity index (χ0n) is 11.2. The molecule has 0 aromatic heterocycles. The van der Waals surface area contributed by atoms with Gasteiger partial charge in [0.25, 0.3) is 5.69 Å². The van der Waals surface area contributed by atoms with Gasteiger partial charge in [0.15, 0.2) is 0 Å². The van der Waals surface area contributed by atoms with Crippen LogP contribution in [-0.2, 0) is 0 Å². The number of para-hydroxylation sites is 1. The molecule has 0 amide bonds. The number of benzene rings is 2. The van der Waals surface area contributed by atoms with Gasteiger partial charge < -0.3 is 5.73 Å². The molecule has 108 valence electrons. The van der Waals surface area contributed by atoms with Crippen molar-refractivity contribution < 1.29 is 4.92 Å². The Kier molecular flexibility index (Phi) is 4.94. The predicted octanol–water partition coefficient (Wildman–Crippen LogP) is 3.75. The molecule has 0 radical (unpaired) electrons. The largest absolute Gasteiger partial charge is 0.388 e. The monoisotopic (exact) mass is 301 g/mol. The predicted molar refractivity (Wildman–Crippen MR) is 84.7 cm³/mol. The van der Waals surface area contributed by atoms with E-state index in [1.807, 2.05) is 30.3 Å². The van der Waals surface area contributed by atoms with Crippen LogP contribution in [0, 0.1) is 15.5 Å². The minimum absolute atomic E-state index is 0.0648. The second kappa shape index (κ2) is 6.90. The second-order valence-corrected chi connectivity index (χ2v) is 5.72. The molecule has 6 heteroatoms. The molecule has 0 spiro atoms. The summed E-state index contributed by atoms with van der Waals surface area (Å²) in [7, 11) is 0. The van der Waals surface area contributed by atoms with E-state index in [9.17, 15) is 10.1 Å². The number of hydrogen-bond acceptors (Lipinski definition) is 4. The molecule has 0 saturated carbocycles. The molecular formula is C15H15N3O2S. The summed E-state index contributed by atoms with van der Waals surface area (Å²) < 4.78 is 0. The minimum atomic E-state index is -0.391. The molecule has 5 nitrogen and oxygen atoms in total. The number of nitro benzene ring substituents is 1. The minimum Gasteiger partial charge on any atom is -0.388 e. The van der Waals surface area contributed by atoms with Crippen LogP contribution in [0.25, 0.3) is 0 Å². The van der Waals surface area contributed by atoms with Crippen molar-refractivity contribution in [2.75, 3.05) is 0 Å². The van der Waals surface area contributed by atoms with Crippen LogP contribution < -0.4 is 5.73 Å². The molecule has 0 fully saturated rings. The van der Waals surface area contributed by atoms with Gasteiger partial charge >= 0.3 is 0 Å². The number of rotatable bonds is 6. The zero-order chi connectivity index (χ0) is 15.2. The number of thioether (sulfide) groups is 1. The van der Waals surface area contributed by atoms with Gasteiger partial charge in [-0.2, -0.15) is 0 Å². The molecule has 2 rings (SSSR count). The quantitative estimate of drug-likeness (QED) is 0.279. The van der Waals surface area contributed by atoms with Gasteiger partial charge in [0, 0.05) is 17.7 Å². The molecule has 0 heterocycles. The van der Waals surface area contributed by atoms with Crippen molar-refractivity contribution >= 4 is 23.3 Å². The van der Waals surface area contributed by atoms with Crippen molar-refractivity contribution in [1.29, 1.82) is 5.41 Å². The molecule has 0 bridgehead atoms. The molecule has 0 aliphatic heterocycles. The maximum Gasteiger partial charge on any atom is 0.282 e. The Morgan fingerprint density at radius 3 is 2.43 bits per heavy atom. The van der Waals surface area contributed by atoms with Crippen LogP contribution in [0.3, 0.4) is 0 Å². The van der Waals surface area contributed by atoms with Crippen molar-refractivity contribution in [1.82, 2.24) is 0 Å². The normalized spacial score (nSPS) is 11.8. The van der Waals surface area contributed by atoms with Gasteiger partial charge in [-0.25, -0.2) is 0 Å². The lowest BCUT2D eigenvalue weighted by Crippen LogP contribution is -2.13. The highest BCUT2D eigenvalue weighted by atomic mass is 32.2. The first kappa shape index (κ1) is 15.1. The Hall–Kier alpha value is -2.34. The Bertz CT molecular complexity index is 646. The van der Waals surface area contributed by atoms with Gasteiger partial charge in [-0.3, -0.25) is 15.5 Å². The van der Waals surface area contributed by atoms with Crippen LogP contribution in [-0.4, -0.2) is 10.8 Å². The van der Waals surface area contributed by atoms with Crippen molar-refractivity contribution in [3.63, 3.8) is 0 Å². The third kappa shape index (κ3) is 4.06. The smallest absolute Gasteiger partial charge is 0.282 e. The van der Waals surface area contributed by atoms with Gasteiger partial charge in [-0.1, -0.05) is 42.5 Å². The molecule has 0 aliphatic carbocycles. The summed E-state index contributed by atoms with van der Waals surface area (Å²) in [5.74, 6) is 0.0648. The van der Waals surface area contributed by atoms with E-state index in [0.29, 0.717) is 11.3 Å². The molecule has 21 heavy (non-hydrogen) atoms. The van der Waals surface area contributed by atoms with Crippen LogP contribution in [0.15, 0.2) is 59.5 Å². The molecule has 2 aromatic carbocycles. The number of amidine groups is 1. The lowest BCUT2D eigenvalue weighted by Gasteiger charge is -2.16. The average Bonchev–Trinajstić information content (AvgIpc) is 2.47. The summed E-state index contributed by atoms with van der Waals surface area (Å²) in [6.07, 6.45) is 0.348. The summed E-state index contributed by atoms with van der Waals surface area (Å²) >= 11 is 1.36. The SMILES string of the molecule is N=C(N)CC(Sc1ccccc1[N+](=O)[O-])c1ccccc1. The number of nitro groups is 1. The fraction of sp³-hybridized carbons (Fsp3) is 0.133. The van der Waals surface area contributed by atoms with Crippen LogP contribution in [0.5, 0.6) is 0 Å². The third-order valence-corrected chi connectivity index (χ3v) is 4.23. The van der Waals surface area contributed by atoms with E-state index in [4.69, 9.17) is 11.1 Å². The topological polar surface area (TPSA) is 93.0 Å². The summed E-state index contributed by atoms with van der Waals surface area (Å²) in [4.78, 5) is 11.3. The van der Waals surface area contributed by atoms with Gasteiger partial charge in [0.1, 0.15) is 0 Å². The van der Waals surface area contributed by atoms with E-state index in [1.54, 1.807) is 18.2 Å². The van der Waals surface area contributed by atoms with Crippen LogP contribution in [0.2, 0.25) is 0 Å². The number of nitrogens with zero attached hydrogens (tertiary/aromatic N) is 1. The van der Waals surface area contributed by atoms with Crippen molar-refractivity contribution in [3.8, 4) is 0 Å². The molecule has 3 N–H and O–H groups in total. The third-order valence-electron chi connectivity index (χ3n) is 2.91. The molecule has 0 saturated heterocycles. The maximum absolute atomic E-state index is 11.1. The van der Waals surface area contributed by atoms with Crippen molar-refractivity contribution in [3.05, 3.63) is 70.3 Å². The fourth-order valence-electron chi connectivity index (χ4n) is 1.96. The van der Waals surface area contributed by atoms with Gasteiger partial charge in [-0.15, -0.1) is 11.8 Å². The first-order chi connectivity index (χ1) is 10.1. The first-order valence-corrected chi connectivity index (χ1v) is 7.24. The Balaban J connectivity index is 2.32. The van der Waals surface area contributed by atoms with Crippen LogP contribution in [0.4, 0.5) is 5.69 Å². The molecular weight excluding hydrogens is 286 g/mol. The number of nitrogens with one attached hydrogen (secondary N) is 1. The Labute approximate surface area is 126 Å². The number of nitrogens with two attached hydrogens (primary N) is 1. The highest BCUT2D eigenvalue weighted by Crippen LogP contribution is 2.41. The zero-order valence-corrected chi connectivity index (χ0v) is 12.0. The highest BCUT2D eigenvalue weighted by molar-refractivity contribution is 7.99. The van der Waals surface area contributed by atoms with Crippen molar-refractivity contribution in [2.24, 2.45) is 5.73 Å². The first-order valence-electron chi connectivity index (χ1n) is 6.36. The van der Waals surface area contributed by atoms with Crippen LogP contribution >= 0.6 is 11.8 Å². The van der Waals surface area contributed by atoms with E-state index in [2.05, 4.69) is 0 Å². The van der Waals surface area contributed by atoms with Gasteiger partial charge in [0.2, 0.25) is 0 Å². The van der Waals surface area contributed by atoms with E-state index in [0.717, 1.165) is 5.56 Å². The molecule has 1 atom stereocenters. The van der Waals surface area contributed by atoms with Gasteiger partial charge in [0.05, 0.1) is 15.7 Å². The Morgan fingerprint density at radius 2 is 1.81 bits per heavy atom.